The molecule has 1 N–H and O–H groups in total. The van der Waals surface area contributed by atoms with Gasteiger partial charge in [-0.3, -0.25) is 0 Å². The van der Waals surface area contributed by atoms with Crippen molar-refractivity contribution in [3.8, 4) is 0 Å². The van der Waals surface area contributed by atoms with Crippen molar-refractivity contribution >= 4 is 0 Å². The van der Waals surface area contributed by atoms with Crippen LogP contribution in [-0.2, 0) is 0 Å². The van der Waals surface area contributed by atoms with Crippen LogP contribution in [0.25, 0.3) is 0 Å². The maximum atomic E-state index is 3.88. The molecule has 0 aromatic carbocycles. The van der Waals surface area contributed by atoms with E-state index in [4.69, 9.17) is 0 Å². The van der Waals surface area contributed by atoms with Gasteiger partial charge in [-0.2, -0.15) is 0 Å². The van der Waals surface area contributed by atoms with Crippen molar-refractivity contribution in [3.63, 3.8) is 0 Å². The second-order valence-electron chi connectivity index (χ2n) is 5.73. The first kappa shape index (κ1) is 11.4. The van der Waals surface area contributed by atoms with E-state index in [1.54, 1.807) is 0 Å². The van der Waals surface area contributed by atoms with E-state index < -0.39 is 0 Å². The second-order valence-corrected chi connectivity index (χ2v) is 5.73. The van der Waals surface area contributed by atoms with Gasteiger partial charge in [0.25, 0.3) is 0 Å². The van der Waals surface area contributed by atoms with Crippen LogP contribution in [0.15, 0.2) is 0 Å². The van der Waals surface area contributed by atoms with Crippen molar-refractivity contribution in [2.24, 2.45) is 5.92 Å². The highest BCUT2D eigenvalue weighted by Crippen LogP contribution is 2.35. The van der Waals surface area contributed by atoms with Gasteiger partial charge in [0.15, 0.2) is 0 Å². The standard InChI is InChI=1S/C14H27N/c1-2-14(10-7-11-14)15-12-13-8-5-3-4-6-9-13/h13,15H,2-12H2,1H3. The third-order valence-corrected chi connectivity index (χ3v) is 4.73. The zero-order valence-corrected chi connectivity index (χ0v) is 10.4. The van der Waals surface area contributed by atoms with Crippen molar-refractivity contribution in [2.75, 3.05) is 6.54 Å². The molecule has 2 aliphatic rings. The third kappa shape index (κ3) is 2.96. The fourth-order valence-corrected chi connectivity index (χ4v) is 3.19. The Balaban J connectivity index is 1.71. The molecule has 88 valence electrons. The van der Waals surface area contributed by atoms with Crippen LogP contribution >= 0.6 is 0 Å². The summed E-state index contributed by atoms with van der Waals surface area (Å²) in [6.45, 7) is 3.65. The van der Waals surface area contributed by atoms with E-state index in [0.717, 1.165) is 5.92 Å². The quantitative estimate of drug-likeness (QED) is 0.693. The SMILES string of the molecule is CCC1(NCC2CCCCCC2)CCC1. The maximum Gasteiger partial charge on any atom is 0.0179 e. The lowest BCUT2D eigenvalue weighted by Crippen LogP contribution is -2.51. The van der Waals surface area contributed by atoms with E-state index in [-0.39, 0.29) is 0 Å². The lowest BCUT2D eigenvalue weighted by atomic mass is 9.74. The molecule has 2 rings (SSSR count). The first-order valence-corrected chi connectivity index (χ1v) is 7.10. The Morgan fingerprint density at radius 2 is 1.67 bits per heavy atom. The maximum absolute atomic E-state index is 3.88. The molecule has 0 aromatic heterocycles. The molecule has 2 saturated carbocycles. The van der Waals surface area contributed by atoms with E-state index in [1.165, 1.54) is 70.8 Å². The third-order valence-electron chi connectivity index (χ3n) is 4.73. The number of hydrogen-bond donors (Lipinski definition) is 1. The summed E-state index contributed by atoms with van der Waals surface area (Å²) < 4.78 is 0. The van der Waals surface area contributed by atoms with Crippen molar-refractivity contribution in [2.45, 2.75) is 76.7 Å². The Morgan fingerprint density at radius 3 is 2.13 bits per heavy atom. The first-order chi connectivity index (χ1) is 7.35. The van der Waals surface area contributed by atoms with E-state index >= 15 is 0 Å². The summed E-state index contributed by atoms with van der Waals surface area (Å²) in [6, 6.07) is 0. The van der Waals surface area contributed by atoms with Crippen molar-refractivity contribution in [3.05, 3.63) is 0 Å². The molecule has 0 aromatic rings. The normalized spacial score (nSPS) is 27.0. The Morgan fingerprint density at radius 1 is 1.00 bits per heavy atom. The molecule has 0 atom stereocenters. The molecule has 0 saturated heterocycles. The van der Waals surface area contributed by atoms with Gasteiger partial charge in [0.2, 0.25) is 0 Å². The highest BCUT2D eigenvalue weighted by atomic mass is 15.0. The van der Waals surface area contributed by atoms with Crippen LogP contribution in [0, 0.1) is 5.92 Å². The Kier molecular flexibility index (Phi) is 4.07. The van der Waals surface area contributed by atoms with Gasteiger partial charge in [-0.15, -0.1) is 0 Å². The van der Waals surface area contributed by atoms with Crippen molar-refractivity contribution in [1.82, 2.24) is 5.32 Å². The van der Waals surface area contributed by atoms with Gasteiger partial charge in [0, 0.05) is 5.54 Å². The van der Waals surface area contributed by atoms with Crippen LogP contribution in [0.5, 0.6) is 0 Å². The average molecular weight is 209 g/mol. The zero-order chi connectivity index (χ0) is 10.6. The summed E-state index contributed by atoms with van der Waals surface area (Å²) in [5, 5.41) is 3.88. The van der Waals surface area contributed by atoms with Crippen LogP contribution in [0.4, 0.5) is 0 Å². The van der Waals surface area contributed by atoms with Gasteiger partial charge >= 0.3 is 0 Å². The molecule has 2 aliphatic carbocycles. The first-order valence-electron chi connectivity index (χ1n) is 7.10. The smallest absolute Gasteiger partial charge is 0.0179 e. The van der Waals surface area contributed by atoms with Crippen LogP contribution in [0.2, 0.25) is 0 Å². The van der Waals surface area contributed by atoms with E-state index in [9.17, 15) is 0 Å². The molecule has 0 spiro atoms. The van der Waals surface area contributed by atoms with Gasteiger partial charge in [-0.05, 0) is 51.0 Å². The zero-order valence-electron chi connectivity index (χ0n) is 10.4. The predicted molar refractivity (Wildman–Crippen MR) is 66.1 cm³/mol. The summed E-state index contributed by atoms with van der Waals surface area (Å²) in [7, 11) is 0. The Bertz CT molecular complexity index is 170. The Hall–Kier alpha value is -0.0400. The fourth-order valence-electron chi connectivity index (χ4n) is 3.19. The number of hydrogen-bond acceptors (Lipinski definition) is 1. The van der Waals surface area contributed by atoms with E-state index in [2.05, 4.69) is 12.2 Å². The minimum Gasteiger partial charge on any atom is -0.311 e. The summed E-state index contributed by atoms with van der Waals surface area (Å²) in [5.41, 5.74) is 0.562. The van der Waals surface area contributed by atoms with Crippen molar-refractivity contribution in [1.29, 1.82) is 0 Å². The minimum absolute atomic E-state index is 0.562. The molecule has 1 nitrogen and oxygen atoms in total. The molecule has 15 heavy (non-hydrogen) atoms. The Labute approximate surface area is 95.0 Å². The number of nitrogens with one attached hydrogen (secondary N) is 1. The van der Waals surface area contributed by atoms with Crippen LogP contribution in [-0.4, -0.2) is 12.1 Å². The summed E-state index contributed by atoms with van der Waals surface area (Å²) >= 11 is 0. The number of rotatable bonds is 4. The van der Waals surface area contributed by atoms with Gasteiger partial charge < -0.3 is 5.32 Å². The topological polar surface area (TPSA) is 12.0 Å². The van der Waals surface area contributed by atoms with Gasteiger partial charge in [-0.25, -0.2) is 0 Å². The monoisotopic (exact) mass is 209 g/mol. The lowest BCUT2D eigenvalue weighted by Gasteiger charge is -2.43. The predicted octanol–water partition coefficient (Wildman–Crippen LogP) is 3.88. The van der Waals surface area contributed by atoms with Gasteiger partial charge in [-0.1, -0.05) is 32.6 Å². The molecule has 0 bridgehead atoms. The van der Waals surface area contributed by atoms with E-state index in [0.29, 0.717) is 5.54 Å². The lowest BCUT2D eigenvalue weighted by molar-refractivity contribution is 0.165. The molecular formula is C14H27N. The average Bonchev–Trinajstić information content (AvgIpc) is 2.45. The van der Waals surface area contributed by atoms with Crippen molar-refractivity contribution < 1.29 is 0 Å². The molecule has 1 heteroatoms. The van der Waals surface area contributed by atoms with Crippen LogP contribution in [0.3, 0.4) is 0 Å². The fraction of sp³-hybridized carbons (Fsp3) is 1.00. The summed E-state index contributed by atoms with van der Waals surface area (Å²) in [6.07, 6.45) is 14.5. The van der Waals surface area contributed by atoms with E-state index in [1.807, 2.05) is 0 Å². The minimum atomic E-state index is 0.562. The molecule has 2 fully saturated rings. The van der Waals surface area contributed by atoms with Crippen LogP contribution in [0.1, 0.15) is 71.1 Å². The summed E-state index contributed by atoms with van der Waals surface area (Å²) in [5.74, 6) is 0.983. The van der Waals surface area contributed by atoms with Crippen LogP contribution < -0.4 is 5.32 Å². The molecule has 0 aliphatic heterocycles. The second kappa shape index (κ2) is 5.34. The highest BCUT2D eigenvalue weighted by Gasteiger charge is 2.34. The molecular weight excluding hydrogens is 182 g/mol. The molecule has 0 amide bonds. The molecule has 0 unspecified atom stereocenters. The van der Waals surface area contributed by atoms with Gasteiger partial charge in [0.1, 0.15) is 0 Å². The largest absolute Gasteiger partial charge is 0.311 e. The van der Waals surface area contributed by atoms with Gasteiger partial charge in [0.05, 0.1) is 0 Å². The summed E-state index contributed by atoms with van der Waals surface area (Å²) in [4.78, 5) is 0. The molecule has 0 radical (unpaired) electrons. The molecule has 0 heterocycles. The highest BCUT2D eigenvalue weighted by molar-refractivity contribution is 4.95.